The molecular weight excluding hydrogens is 240 g/mol. The molecule has 17 heavy (non-hydrogen) atoms. The standard InChI is InChI=1S/C11H18N2O3S/c1-2-17(15,16)10(7-14)11(13)8-4-3-5-9(12)6-8/h3-6,10-11,14H,2,7,12-13H2,1H3. The molecule has 5 nitrogen and oxygen atoms in total. The van der Waals surface area contributed by atoms with Crippen LogP contribution in [-0.2, 0) is 9.84 Å². The molecule has 0 heterocycles. The maximum Gasteiger partial charge on any atom is 0.157 e. The van der Waals surface area contributed by atoms with Crippen molar-refractivity contribution in [3.63, 3.8) is 0 Å². The minimum atomic E-state index is -3.39. The molecule has 1 aromatic carbocycles. The predicted molar refractivity (Wildman–Crippen MR) is 68.1 cm³/mol. The van der Waals surface area contributed by atoms with Crippen molar-refractivity contribution in [3.05, 3.63) is 29.8 Å². The molecule has 0 bridgehead atoms. The molecule has 2 atom stereocenters. The Hall–Kier alpha value is -1.11. The van der Waals surface area contributed by atoms with E-state index in [9.17, 15) is 13.5 Å². The number of rotatable bonds is 5. The van der Waals surface area contributed by atoms with Gasteiger partial charge in [0, 0.05) is 17.5 Å². The number of aliphatic hydroxyl groups is 1. The maximum absolute atomic E-state index is 11.8. The van der Waals surface area contributed by atoms with Crippen LogP contribution in [0, 0.1) is 0 Å². The summed E-state index contributed by atoms with van der Waals surface area (Å²) in [4.78, 5) is 0. The molecule has 0 amide bonds. The van der Waals surface area contributed by atoms with Gasteiger partial charge in [0.15, 0.2) is 9.84 Å². The normalized spacial score (nSPS) is 15.5. The average Bonchev–Trinajstić information content (AvgIpc) is 2.29. The Kier molecular flexibility index (Phi) is 4.50. The second-order valence-electron chi connectivity index (χ2n) is 3.87. The third kappa shape index (κ3) is 3.18. The van der Waals surface area contributed by atoms with Crippen LogP contribution in [0.15, 0.2) is 24.3 Å². The summed E-state index contributed by atoms with van der Waals surface area (Å²) >= 11 is 0. The van der Waals surface area contributed by atoms with E-state index in [2.05, 4.69) is 0 Å². The van der Waals surface area contributed by atoms with Gasteiger partial charge in [0.2, 0.25) is 0 Å². The largest absolute Gasteiger partial charge is 0.399 e. The van der Waals surface area contributed by atoms with Gasteiger partial charge in [0.1, 0.15) is 5.25 Å². The fourth-order valence-electron chi connectivity index (χ4n) is 1.65. The van der Waals surface area contributed by atoms with E-state index in [4.69, 9.17) is 11.5 Å². The molecule has 5 N–H and O–H groups in total. The topological polar surface area (TPSA) is 106 Å². The minimum absolute atomic E-state index is 0.0474. The lowest BCUT2D eigenvalue weighted by Gasteiger charge is -2.22. The van der Waals surface area contributed by atoms with E-state index in [1.54, 1.807) is 24.3 Å². The Bertz CT molecular complexity index is 473. The molecule has 2 unspecified atom stereocenters. The van der Waals surface area contributed by atoms with Crippen LogP contribution >= 0.6 is 0 Å². The number of anilines is 1. The predicted octanol–water partition coefficient (Wildman–Crippen LogP) is 0.0642. The number of benzene rings is 1. The van der Waals surface area contributed by atoms with E-state index in [1.807, 2.05) is 0 Å². The van der Waals surface area contributed by atoms with Gasteiger partial charge in [-0.2, -0.15) is 0 Å². The van der Waals surface area contributed by atoms with E-state index in [-0.39, 0.29) is 5.75 Å². The van der Waals surface area contributed by atoms with Crippen LogP contribution in [0.3, 0.4) is 0 Å². The van der Waals surface area contributed by atoms with Crippen LogP contribution in [0.2, 0.25) is 0 Å². The zero-order valence-corrected chi connectivity index (χ0v) is 10.5. The summed E-state index contributed by atoms with van der Waals surface area (Å²) in [6.07, 6.45) is 0. The second kappa shape index (κ2) is 5.48. The van der Waals surface area contributed by atoms with E-state index in [1.165, 1.54) is 6.92 Å². The Morgan fingerprint density at radius 1 is 1.41 bits per heavy atom. The quantitative estimate of drug-likeness (QED) is 0.648. The number of sulfone groups is 1. The number of hydrogen-bond acceptors (Lipinski definition) is 5. The molecule has 96 valence electrons. The highest BCUT2D eigenvalue weighted by Crippen LogP contribution is 2.21. The van der Waals surface area contributed by atoms with Crippen molar-refractivity contribution in [3.8, 4) is 0 Å². The number of hydrogen-bond donors (Lipinski definition) is 3. The summed E-state index contributed by atoms with van der Waals surface area (Å²) in [5.74, 6) is -0.0474. The molecule has 0 aliphatic heterocycles. The second-order valence-corrected chi connectivity index (χ2v) is 6.38. The first-order chi connectivity index (χ1) is 7.92. The highest BCUT2D eigenvalue weighted by molar-refractivity contribution is 7.92. The molecule has 0 aliphatic rings. The van der Waals surface area contributed by atoms with E-state index in [0.29, 0.717) is 11.3 Å². The fraction of sp³-hybridized carbons (Fsp3) is 0.455. The molecule has 0 saturated heterocycles. The van der Waals surface area contributed by atoms with E-state index in [0.717, 1.165) is 0 Å². The van der Waals surface area contributed by atoms with Crippen molar-refractivity contribution < 1.29 is 13.5 Å². The Labute approximate surface area is 101 Å². The van der Waals surface area contributed by atoms with E-state index >= 15 is 0 Å². The van der Waals surface area contributed by atoms with Gasteiger partial charge in [-0.25, -0.2) is 8.42 Å². The third-order valence-corrected chi connectivity index (χ3v) is 4.91. The lowest BCUT2D eigenvalue weighted by molar-refractivity contribution is 0.277. The molecule has 1 aromatic rings. The summed E-state index contributed by atoms with van der Waals surface area (Å²) in [6.45, 7) is 1.04. The Balaban J connectivity index is 3.06. The third-order valence-electron chi connectivity index (χ3n) is 2.74. The van der Waals surface area contributed by atoms with Gasteiger partial charge in [-0.3, -0.25) is 0 Å². The van der Waals surface area contributed by atoms with Crippen molar-refractivity contribution in [1.82, 2.24) is 0 Å². The molecule has 0 saturated carbocycles. The number of nitrogen functional groups attached to an aromatic ring is 1. The average molecular weight is 258 g/mol. The van der Waals surface area contributed by atoms with Crippen LogP contribution in [0.1, 0.15) is 18.5 Å². The van der Waals surface area contributed by atoms with Crippen LogP contribution in [0.5, 0.6) is 0 Å². The van der Waals surface area contributed by atoms with Crippen LogP contribution in [0.25, 0.3) is 0 Å². The first-order valence-electron chi connectivity index (χ1n) is 5.35. The fourth-order valence-corrected chi connectivity index (χ4v) is 2.90. The first-order valence-corrected chi connectivity index (χ1v) is 7.07. The number of aliphatic hydroxyl groups excluding tert-OH is 1. The minimum Gasteiger partial charge on any atom is -0.399 e. The van der Waals surface area contributed by atoms with Crippen molar-refractivity contribution in [1.29, 1.82) is 0 Å². The lowest BCUT2D eigenvalue weighted by atomic mass is 10.0. The van der Waals surface area contributed by atoms with Gasteiger partial charge in [-0.05, 0) is 17.7 Å². The Morgan fingerprint density at radius 3 is 2.53 bits per heavy atom. The molecule has 0 fully saturated rings. The van der Waals surface area contributed by atoms with Gasteiger partial charge in [0.25, 0.3) is 0 Å². The first kappa shape index (κ1) is 14.0. The van der Waals surface area contributed by atoms with Crippen molar-refractivity contribution in [2.45, 2.75) is 18.2 Å². The van der Waals surface area contributed by atoms with Crippen molar-refractivity contribution in [2.75, 3.05) is 18.1 Å². The molecular formula is C11H18N2O3S. The van der Waals surface area contributed by atoms with Crippen LogP contribution in [-0.4, -0.2) is 31.1 Å². The SMILES string of the molecule is CCS(=O)(=O)C(CO)C(N)c1cccc(N)c1. The zero-order valence-electron chi connectivity index (χ0n) is 9.70. The zero-order chi connectivity index (χ0) is 13.1. The number of nitrogens with two attached hydrogens (primary N) is 2. The summed E-state index contributed by atoms with van der Waals surface area (Å²) < 4.78 is 23.5. The van der Waals surface area contributed by atoms with E-state index < -0.39 is 27.7 Å². The molecule has 0 aromatic heterocycles. The van der Waals surface area contributed by atoms with Gasteiger partial charge in [0.05, 0.1) is 6.61 Å². The van der Waals surface area contributed by atoms with Gasteiger partial charge in [-0.15, -0.1) is 0 Å². The highest BCUT2D eigenvalue weighted by Gasteiger charge is 2.30. The lowest BCUT2D eigenvalue weighted by Crippen LogP contribution is -2.37. The summed E-state index contributed by atoms with van der Waals surface area (Å²) in [5, 5.41) is 8.21. The Morgan fingerprint density at radius 2 is 2.06 bits per heavy atom. The van der Waals surface area contributed by atoms with Crippen LogP contribution in [0.4, 0.5) is 5.69 Å². The van der Waals surface area contributed by atoms with Gasteiger partial charge < -0.3 is 16.6 Å². The molecule has 6 heteroatoms. The van der Waals surface area contributed by atoms with Gasteiger partial charge >= 0.3 is 0 Å². The summed E-state index contributed by atoms with van der Waals surface area (Å²) in [6, 6.07) is 5.96. The highest BCUT2D eigenvalue weighted by atomic mass is 32.2. The summed E-state index contributed by atoms with van der Waals surface area (Å²) in [5.41, 5.74) is 12.6. The molecule has 0 aliphatic carbocycles. The molecule has 0 radical (unpaired) electrons. The van der Waals surface area contributed by atoms with Crippen molar-refractivity contribution in [2.24, 2.45) is 5.73 Å². The van der Waals surface area contributed by atoms with Gasteiger partial charge in [-0.1, -0.05) is 19.1 Å². The summed E-state index contributed by atoms with van der Waals surface area (Å²) in [7, 11) is -3.39. The monoisotopic (exact) mass is 258 g/mol. The smallest absolute Gasteiger partial charge is 0.157 e. The van der Waals surface area contributed by atoms with Crippen LogP contribution < -0.4 is 11.5 Å². The molecule has 1 rings (SSSR count). The maximum atomic E-state index is 11.8. The molecule has 0 spiro atoms. The van der Waals surface area contributed by atoms with Crippen molar-refractivity contribution >= 4 is 15.5 Å².